The highest BCUT2D eigenvalue weighted by Gasteiger charge is 2.17. The highest BCUT2D eigenvalue weighted by atomic mass is 15.0. The number of hydrogen-bond donors (Lipinski definition) is 0. The smallest absolute Gasteiger partial charge is 0.164 e. The summed E-state index contributed by atoms with van der Waals surface area (Å²) < 4.78 is 0. The third kappa shape index (κ3) is 7.20. The maximum atomic E-state index is 5.27. The van der Waals surface area contributed by atoms with E-state index in [4.69, 9.17) is 15.0 Å². The summed E-state index contributed by atoms with van der Waals surface area (Å²) in [5.41, 5.74) is 14.0. The van der Waals surface area contributed by atoms with Crippen LogP contribution in [0.3, 0.4) is 0 Å². The van der Waals surface area contributed by atoms with Crippen LogP contribution < -0.4 is 0 Å². The number of rotatable bonds is 8. The zero-order valence-corrected chi connectivity index (χ0v) is 33.7. The number of pyridine rings is 1. The van der Waals surface area contributed by atoms with Crippen LogP contribution in [0.5, 0.6) is 0 Å². The number of fused-ring (bicyclic) bond motifs is 3. The molecule has 0 aliphatic heterocycles. The van der Waals surface area contributed by atoms with E-state index in [-0.39, 0.29) is 0 Å². The highest BCUT2D eigenvalue weighted by molar-refractivity contribution is 6.14. The Balaban J connectivity index is 1.10. The van der Waals surface area contributed by atoms with Crippen LogP contribution in [0.2, 0.25) is 0 Å². The van der Waals surface area contributed by atoms with Gasteiger partial charge in [0.15, 0.2) is 17.5 Å². The highest BCUT2D eigenvalue weighted by Crippen LogP contribution is 2.39. The molecule has 11 rings (SSSR count). The van der Waals surface area contributed by atoms with Crippen LogP contribution in [0.25, 0.3) is 111 Å². The van der Waals surface area contributed by atoms with Crippen molar-refractivity contribution in [2.24, 2.45) is 0 Å². The van der Waals surface area contributed by atoms with E-state index >= 15 is 0 Å². The van der Waals surface area contributed by atoms with Gasteiger partial charge in [-0.15, -0.1) is 0 Å². The lowest BCUT2D eigenvalue weighted by Crippen LogP contribution is -2.01. The van der Waals surface area contributed by atoms with E-state index in [0.717, 1.165) is 72.3 Å². The van der Waals surface area contributed by atoms with Gasteiger partial charge in [-0.3, -0.25) is 4.98 Å². The molecule has 0 spiro atoms. The fourth-order valence-corrected chi connectivity index (χ4v) is 8.42. The molecule has 0 amide bonds. The van der Waals surface area contributed by atoms with Gasteiger partial charge in [0.1, 0.15) is 0 Å². The SMILES string of the molecule is c1ccc(-c2ccc(-c3nc(-c4ccc(-c5ccccc5)cc4)nc(-c4cc(-c5ccc(-c6ccncc6)cc5)cc(-c5cc6ccccc6c6ccccc56)c4)n3)cc2)cc1. The maximum Gasteiger partial charge on any atom is 0.164 e. The molecule has 0 unspecified atom stereocenters. The van der Waals surface area contributed by atoms with Crippen molar-refractivity contribution in [3.05, 3.63) is 231 Å². The van der Waals surface area contributed by atoms with Crippen molar-refractivity contribution in [1.82, 2.24) is 19.9 Å². The normalized spacial score (nSPS) is 11.2. The molecular formula is C58H38N4. The second kappa shape index (κ2) is 16.0. The van der Waals surface area contributed by atoms with E-state index in [1.807, 2.05) is 36.7 Å². The lowest BCUT2D eigenvalue weighted by molar-refractivity contribution is 1.07. The summed E-state index contributed by atoms with van der Waals surface area (Å²) in [6.07, 6.45) is 3.67. The molecule has 4 heteroatoms. The van der Waals surface area contributed by atoms with Crippen molar-refractivity contribution in [2.45, 2.75) is 0 Å². The predicted molar refractivity (Wildman–Crippen MR) is 256 cm³/mol. The lowest BCUT2D eigenvalue weighted by atomic mass is 9.90. The summed E-state index contributed by atoms with van der Waals surface area (Å²) >= 11 is 0. The monoisotopic (exact) mass is 790 g/mol. The average molecular weight is 791 g/mol. The van der Waals surface area contributed by atoms with Crippen molar-refractivity contribution in [1.29, 1.82) is 0 Å². The molecule has 62 heavy (non-hydrogen) atoms. The summed E-state index contributed by atoms with van der Waals surface area (Å²) in [6.45, 7) is 0. The molecule has 290 valence electrons. The minimum absolute atomic E-state index is 0.603. The zero-order chi connectivity index (χ0) is 41.2. The van der Waals surface area contributed by atoms with Gasteiger partial charge in [0.2, 0.25) is 0 Å². The van der Waals surface area contributed by atoms with E-state index in [1.165, 1.54) is 21.5 Å². The van der Waals surface area contributed by atoms with Gasteiger partial charge in [0.05, 0.1) is 0 Å². The Hall–Kier alpha value is -8.34. The van der Waals surface area contributed by atoms with Crippen molar-refractivity contribution in [3.8, 4) is 89.8 Å². The van der Waals surface area contributed by atoms with Crippen LogP contribution in [0.4, 0.5) is 0 Å². The van der Waals surface area contributed by atoms with Crippen LogP contribution >= 0.6 is 0 Å². The molecule has 9 aromatic carbocycles. The Kier molecular flexibility index (Phi) is 9.49. The number of nitrogens with zero attached hydrogens (tertiary/aromatic N) is 4. The van der Waals surface area contributed by atoms with Crippen molar-refractivity contribution < 1.29 is 0 Å². The first-order valence-corrected chi connectivity index (χ1v) is 20.9. The van der Waals surface area contributed by atoms with Crippen molar-refractivity contribution in [2.75, 3.05) is 0 Å². The average Bonchev–Trinajstić information content (AvgIpc) is 3.37. The van der Waals surface area contributed by atoms with Gasteiger partial charge in [-0.25, -0.2) is 15.0 Å². The second-order valence-corrected chi connectivity index (χ2v) is 15.5. The van der Waals surface area contributed by atoms with Gasteiger partial charge in [-0.2, -0.15) is 0 Å². The minimum Gasteiger partial charge on any atom is -0.265 e. The molecule has 4 nitrogen and oxygen atoms in total. The summed E-state index contributed by atoms with van der Waals surface area (Å²) in [6, 6.07) is 77.1. The Morgan fingerprint density at radius 1 is 0.226 bits per heavy atom. The number of benzene rings is 9. The molecule has 0 fully saturated rings. The Bertz CT molecular complexity index is 3250. The quantitative estimate of drug-likeness (QED) is 0.144. The van der Waals surface area contributed by atoms with Crippen molar-refractivity contribution in [3.63, 3.8) is 0 Å². The molecule has 0 bridgehead atoms. The van der Waals surface area contributed by atoms with Crippen LogP contribution in [-0.4, -0.2) is 19.9 Å². The second-order valence-electron chi connectivity index (χ2n) is 15.5. The van der Waals surface area contributed by atoms with Gasteiger partial charge in [0, 0.05) is 29.1 Å². The third-order valence-corrected chi connectivity index (χ3v) is 11.6. The first-order chi connectivity index (χ1) is 30.7. The van der Waals surface area contributed by atoms with Gasteiger partial charge in [0.25, 0.3) is 0 Å². The molecule has 2 aromatic heterocycles. The number of hydrogen-bond acceptors (Lipinski definition) is 4. The molecule has 0 aliphatic carbocycles. The Labute approximate surface area is 360 Å². The topological polar surface area (TPSA) is 51.6 Å². The van der Waals surface area contributed by atoms with Crippen LogP contribution in [0.1, 0.15) is 0 Å². The first kappa shape index (κ1) is 36.7. The zero-order valence-electron chi connectivity index (χ0n) is 33.7. The van der Waals surface area contributed by atoms with Gasteiger partial charge in [-0.05, 0) is 114 Å². The molecule has 11 aromatic rings. The molecule has 0 saturated heterocycles. The Morgan fingerprint density at radius 2 is 0.597 bits per heavy atom. The largest absolute Gasteiger partial charge is 0.265 e. The molecule has 0 N–H and O–H groups in total. The fraction of sp³-hybridized carbons (Fsp3) is 0. The molecular weight excluding hydrogens is 753 g/mol. The van der Waals surface area contributed by atoms with Gasteiger partial charge < -0.3 is 0 Å². The molecule has 0 aliphatic rings. The van der Waals surface area contributed by atoms with Gasteiger partial charge in [-0.1, -0.05) is 182 Å². The molecule has 0 saturated carbocycles. The van der Waals surface area contributed by atoms with Crippen molar-refractivity contribution >= 4 is 21.5 Å². The van der Waals surface area contributed by atoms with E-state index in [2.05, 4.69) is 199 Å². The maximum absolute atomic E-state index is 5.27. The van der Waals surface area contributed by atoms with E-state index < -0.39 is 0 Å². The van der Waals surface area contributed by atoms with Crippen LogP contribution in [0, 0.1) is 0 Å². The van der Waals surface area contributed by atoms with Gasteiger partial charge >= 0.3 is 0 Å². The third-order valence-electron chi connectivity index (χ3n) is 11.6. The lowest BCUT2D eigenvalue weighted by Gasteiger charge is -2.15. The van der Waals surface area contributed by atoms with Crippen LogP contribution in [0.15, 0.2) is 231 Å². The molecule has 0 atom stereocenters. The minimum atomic E-state index is 0.603. The summed E-state index contributed by atoms with van der Waals surface area (Å²) in [4.78, 5) is 19.9. The van der Waals surface area contributed by atoms with E-state index in [1.54, 1.807) is 0 Å². The predicted octanol–water partition coefficient (Wildman–Crippen LogP) is 14.9. The standard InChI is InChI=1S/C58H38N4/c1-3-11-39(12-4-1)41-23-27-46(28-24-41)56-60-57(47-29-25-42(26-30-47)40-13-5-2-6-14-40)62-58(61-56)51-36-49(44-21-19-43(20-22-44)45-31-33-59-34-32-45)35-50(37-51)55-38-48-15-7-8-16-52(48)53-17-9-10-18-54(53)55/h1-38H. The summed E-state index contributed by atoms with van der Waals surface area (Å²) in [7, 11) is 0. The molecule has 0 radical (unpaired) electrons. The van der Waals surface area contributed by atoms with Crippen LogP contribution in [-0.2, 0) is 0 Å². The fourth-order valence-electron chi connectivity index (χ4n) is 8.42. The number of aromatic nitrogens is 4. The molecule has 2 heterocycles. The first-order valence-electron chi connectivity index (χ1n) is 20.9. The summed E-state index contributed by atoms with van der Waals surface area (Å²) in [5.74, 6) is 1.83. The van der Waals surface area contributed by atoms with E-state index in [0.29, 0.717) is 17.5 Å². The Morgan fingerprint density at radius 3 is 1.15 bits per heavy atom. The van der Waals surface area contributed by atoms with E-state index in [9.17, 15) is 0 Å². The summed E-state index contributed by atoms with van der Waals surface area (Å²) in [5, 5.41) is 4.84.